The number of nitrogens with zero attached hydrogens (tertiary/aromatic N) is 3. The third kappa shape index (κ3) is 3.33. The number of carbonyl (C=O) groups excluding carboxylic acids is 1. The maximum absolute atomic E-state index is 12.7. The van der Waals surface area contributed by atoms with E-state index in [2.05, 4.69) is 30.9 Å². The number of hydrogen-bond donors (Lipinski definition) is 0. The maximum atomic E-state index is 12.7. The first-order valence-electron chi connectivity index (χ1n) is 8.33. The summed E-state index contributed by atoms with van der Waals surface area (Å²) >= 11 is 0. The Bertz CT molecular complexity index is 811. The van der Waals surface area contributed by atoms with E-state index in [-0.39, 0.29) is 17.2 Å². The van der Waals surface area contributed by atoms with E-state index in [1.807, 2.05) is 6.07 Å². The Hall–Kier alpha value is -2.89. The van der Waals surface area contributed by atoms with Gasteiger partial charge in [0.1, 0.15) is 5.56 Å². The van der Waals surface area contributed by atoms with Crippen molar-refractivity contribution in [2.75, 3.05) is 31.1 Å². The number of benzene rings is 2. The third-order valence-electron chi connectivity index (χ3n) is 4.81. The lowest BCUT2D eigenvalue weighted by Gasteiger charge is -2.37. The molecule has 0 radical (unpaired) electrons. The number of piperazine rings is 1. The van der Waals surface area contributed by atoms with Crippen LogP contribution in [0.5, 0.6) is 0 Å². The molecule has 1 fully saturated rings. The molecule has 6 nitrogen and oxygen atoms in total. The van der Waals surface area contributed by atoms with Gasteiger partial charge in [-0.1, -0.05) is 24.3 Å². The number of amides is 1. The second kappa shape index (κ2) is 6.93. The molecule has 0 atom stereocenters. The first kappa shape index (κ1) is 17.0. The number of aryl methyl sites for hydroxylation is 1. The Balaban J connectivity index is 1.73. The van der Waals surface area contributed by atoms with Crippen LogP contribution in [-0.4, -0.2) is 41.9 Å². The molecule has 130 valence electrons. The number of carbonyl (C=O) groups is 1. The molecule has 1 aliphatic rings. The van der Waals surface area contributed by atoms with Crippen LogP contribution in [0.15, 0.2) is 42.5 Å². The van der Waals surface area contributed by atoms with Gasteiger partial charge in [0, 0.05) is 37.9 Å². The van der Waals surface area contributed by atoms with Gasteiger partial charge in [-0.3, -0.25) is 14.9 Å². The van der Waals surface area contributed by atoms with E-state index < -0.39 is 4.92 Å². The molecule has 1 saturated heterocycles. The predicted molar refractivity (Wildman–Crippen MR) is 97.1 cm³/mol. The van der Waals surface area contributed by atoms with Crippen LogP contribution < -0.4 is 4.90 Å². The minimum atomic E-state index is -0.500. The topological polar surface area (TPSA) is 66.7 Å². The monoisotopic (exact) mass is 339 g/mol. The zero-order chi connectivity index (χ0) is 18.0. The van der Waals surface area contributed by atoms with E-state index in [1.165, 1.54) is 28.9 Å². The highest BCUT2D eigenvalue weighted by Crippen LogP contribution is 2.25. The first-order chi connectivity index (χ1) is 12.0. The Morgan fingerprint density at radius 2 is 1.68 bits per heavy atom. The molecular weight excluding hydrogens is 318 g/mol. The highest BCUT2D eigenvalue weighted by Gasteiger charge is 2.27. The average molecular weight is 339 g/mol. The summed E-state index contributed by atoms with van der Waals surface area (Å²) in [5.41, 5.74) is 3.71. The van der Waals surface area contributed by atoms with Crippen LogP contribution in [0.4, 0.5) is 11.4 Å². The van der Waals surface area contributed by atoms with E-state index >= 15 is 0 Å². The van der Waals surface area contributed by atoms with Gasteiger partial charge in [0.15, 0.2) is 0 Å². The van der Waals surface area contributed by atoms with E-state index in [0.717, 1.165) is 13.1 Å². The van der Waals surface area contributed by atoms with E-state index in [4.69, 9.17) is 0 Å². The molecule has 0 aromatic heterocycles. The molecular formula is C19H21N3O3. The normalized spacial score (nSPS) is 14.5. The summed E-state index contributed by atoms with van der Waals surface area (Å²) in [5.74, 6) is -0.270. The van der Waals surface area contributed by atoms with Gasteiger partial charge in [0.25, 0.3) is 11.6 Å². The molecule has 0 bridgehead atoms. The van der Waals surface area contributed by atoms with Crippen LogP contribution in [0, 0.1) is 24.0 Å². The lowest BCUT2D eigenvalue weighted by Crippen LogP contribution is -2.49. The van der Waals surface area contributed by atoms with Gasteiger partial charge < -0.3 is 9.80 Å². The first-order valence-corrected chi connectivity index (χ1v) is 8.33. The molecule has 1 heterocycles. The van der Waals surface area contributed by atoms with Crippen molar-refractivity contribution < 1.29 is 9.72 Å². The van der Waals surface area contributed by atoms with Crippen LogP contribution in [0.1, 0.15) is 21.5 Å². The van der Waals surface area contributed by atoms with Crippen molar-refractivity contribution in [1.82, 2.24) is 4.90 Å². The largest absolute Gasteiger partial charge is 0.368 e. The SMILES string of the molecule is Cc1cccc(N2CCN(C(=O)c3ccccc3[N+](=O)[O-])CC2)c1C. The summed E-state index contributed by atoms with van der Waals surface area (Å²) in [6, 6.07) is 12.4. The van der Waals surface area contributed by atoms with Gasteiger partial charge in [-0.05, 0) is 37.1 Å². The molecule has 25 heavy (non-hydrogen) atoms. The minimum Gasteiger partial charge on any atom is -0.368 e. The molecule has 3 rings (SSSR count). The summed E-state index contributed by atoms with van der Waals surface area (Å²) in [7, 11) is 0. The van der Waals surface area contributed by atoms with Gasteiger partial charge in [0.05, 0.1) is 4.92 Å². The zero-order valence-electron chi connectivity index (χ0n) is 14.4. The minimum absolute atomic E-state index is 0.135. The van der Waals surface area contributed by atoms with E-state index in [0.29, 0.717) is 13.1 Å². The molecule has 6 heteroatoms. The van der Waals surface area contributed by atoms with Crippen LogP contribution in [0.25, 0.3) is 0 Å². The van der Waals surface area contributed by atoms with Gasteiger partial charge >= 0.3 is 0 Å². The number of nitro groups is 1. The number of anilines is 1. The molecule has 0 spiro atoms. The Labute approximate surface area is 146 Å². The molecule has 2 aromatic rings. The van der Waals surface area contributed by atoms with Crippen LogP contribution in [0.2, 0.25) is 0 Å². The van der Waals surface area contributed by atoms with Crippen molar-refractivity contribution >= 4 is 17.3 Å². The summed E-state index contributed by atoms with van der Waals surface area (Å²) in [6.07, 6.45) is 0. The second-order valence-corrected chi connectivity index (χ2v) is 6.27. The van der Waals surface area contributed by atoms with E-state index in [1.54, 1.807) is 17.0 Å². The quantitative estimate of drug-likeness (QED) is 0.636. The lowest BCUT2D eigenvalue weighted by atomic mass is 10.1. The maximum Gasteiger partial charge on any atom is 0.282 e. The summed E-state index contributed by atoms with van der Waals surface area (Å²) in [5, 5.41) is 11.1. The Morgan fingerprint density at radius 1 is 1.00 bits per heavy atom. The Morgan fingerprint density at radius 3 is 2.36 bits per heavy atom. The average Bonchev–Trinajstić information content (AvgIpc) is 2.63. The lowest BCUT2D eigenvalue weighted by molar-refractivity contribution is -0.385. The smallest absolute Gasteiger partial charge is 0.282 e. The molecule has 1 aliphatic heterocycles. The highest BCUT2D eigenvalue weighted by atomic mass is 16.6. The zero-order valence-corrected chi connectivity index (χ0v) is 14.4. The number of nitro benzene ring substituents is 1. The van der Waals surface area contributed by atoms with E-state index in [9.17, 15) is 14.9 Å². The summed E-state index contributed by atoms with van der Waals surface area (Å²) in [6.45, 7) is 6.74. The molecule has 0 unspecified atom stereocenters. The van der Waals surface area contributed by atoms with Crippen LogP contribution >= 0.6 is 0 Å². The van der Waals surface area contributed by atoms with Crippen LogP contribution in [-0.2, 0) is 0 Å². The number of para-hydroxylation sites is 1. The number of hydrogen-bond acceptors (Lipinski definition) is 4. The van der Waals surface area contributed by atoms with Crippen molar-refractivity contribution in [3.8, 4) is 0 Å². The summed E-state index contributed by atoms with van der Waals surface area (Å²) in [4.78, 5) is 27.3. The predicted octanol–water partition coefficient (Wildman–Crippen LogP) is 3.17. The van der Waals surface area contributed by atoms with Gasteiger partial charge in [-0.2, -0.15) is 0 Å². The fourth-order valence-electron chi connectivity index (χ4n) is 3.21. The second-order valence-electron chi connectivity index (χ2n) is 6.27. The van der Waals surface area contributed by atoms with Crippen molar-refractivity contribution in [1.29, 1.82) is 0 Å². The third-order valence-corrected chi connectivity index (χ3v) is 4.81. The molecule has 0 N–H and O–H groups in total. The summed E-state index contributed by atoms with van der Waals surface area (Å²) < 4.78 is 0. The van der Waals surface area contributed by atoms with Crippen molar-refractivity contribution in [3.63, 3.8) is 0 Å². The van der Waals surface area contributed by atoms with Gasteiger partial charge in [0.2, 0.25) is 0 Å². The van der Waals surface area contributed by atoms with Gasteiger partial charge in [-0.15, -0.1) is 0 Å². The number of rotatable bonds is 3. The van der Waals surface area contributed by atoms with Crippen molar-refractivity contribution in [3.05, 3.63) is 69.3 Å². The van der Waals surface area contributed by atoms with Crippen LogP contribution in [0.3, 0.4) is 0 Å². The van der Waals surface area contributed by atoms with Crippen molar-refractivity contribution in [2.24, 2.45) is 0 Å². The fraction of sp³-hybridized carbons (Fsp3) is 0.316. The molecule has 0 saturated carbocycles. The molecule has 1 amide bonds. The standard InChI is InChI=1S/C19H21N3O3/c1-14-6-5-9-17(15(14)2)20-10-12-21(13-11-20)19(23)16-7-3-4-8-18(16)22(24)25/h3-9H,10-13H2,1-2H3. The molecule has 0 aliphatic carbocycles. The fourth-order valence-corrected chi connectivity index (χ4v) is 3.21. The Kier molecular flexibility index (Phi) is 4.70. The van der Waals surface area contributed by atoms with Gasteiger partial charge in [-0.25, -0.2) is 0 Å². The van der Waals surface area contributed by atoms with Crippen molar-refractivity contribution in [2.45, 2.75) is 13.8 Å². The molecule has 2 aromatic carbocycles. The highest BCUT2D eigenvalue weighted by molar-refractivity contribution is 5.98.